The highest BCUT2D eigenvalue weighted by Crippen LogP contribution is 2.44. The van der Waals surface area contributed by atoms with Gasteiger partial charge in [0.15, 0.2) is 10.9 Å². The Morgan fingerprint density at radius 3 is 2.79 bits per heavy atom. The lowest BCUT2D eigenvalue weighted by Gasteiger charge is -2.21. The first-order chi connectivity index (χ1) is 13.7. The number of rotatable bonds is 4. The van der Waals surface area contributed by atoms with Crippen molar-refractivity contribution in [1.29, 1.82) is 0 Å². The Kier molecular flexibility index (Phi) is 4.33. The number of benzene rings is 2. The Morgan fingerprint density at radius 1 is 1.18 bits per heavy atom. The van der Waals surface area contributed by atoms with E-state index in [0.717, 1.165) is 28.0 Å². The van der Waals surface area contributed by atoms with Gasteiger partial charge in [-0.05, 0) is 29.8 Å². The lowest BCUT2D eigenvalue weighted by atomic mass is 10.2. The molecule has 140 valence electrons. The molecule has 2 aromatic carbocycles. The van der Waals surface area contributed by atoms with Crippen molar-refractivity contribution in [2.75, 3.05) is 17.8 Å². The molecule has 0 spiro atoms. The minimum absolute atomic E-state index is 0.0660. The molecule has 3 heterocycles. The number of thioether (sulfide) groups is 1. The second kappa shape index (κ2) is 7.00. The van der Waals surface area contributed by atoms with Gasteiger partial charge in [0.25, 0.3) is 0 Å². The molecular weight excluding hydrogens is 392 g/mol. The molecule has 7 heteroatoms. The van der Waals surface area contributed by atoms with Crippen molar-refractivity contribution in [1.82, 2.24) is 4.98 Å². The van der Waals surface area contributed by atoms with Crippen molar-refractivity contribution in [3.05, 3.63) is 65.5 Å². The number of para-hydroxylation sites is 1. The lowest BCUT2D eigenvalue weighted by Crippen LogP contribution is -2.27. The first-order valence-corrected chi connectivity index (χ1v) is 10.7. The molecule has 1 unspecified atom stereocenters. The molecule has 1 atom stereocenters. The van der Waals surface area contributed by atoms with Gasteiger partial charge in [0, 0.05) is 10.8 Å². The van der Waals surface area contributed by atoms with Crippen molar-refractivity contribution in [3.63, 3.8) is 0 Å². The van der Waals surface area contributed by atoms with Gasteiger partial charge >= 0.3 is 0 Å². The van der Waals surface area contributed by atoms with Gasteiger partial charge in [-0.3, -0.25) is 9.69 Å². The van der Waals surface area contributed by atoms with Crippen molar-refractivity contribution in [2.24, 2.45) is 0 Å². The van der Waals surface area contributed by atoms with E-state index in [1.165, 1.54) is 11.3 Å². The second-order valence-electron chi connectivity index (χ2n) is 6.36. The van der Waals surface area contributed by atoms with Crippen LogP contribution in [0.3, 0.4) is 0 Å². The number of hydrogen-bond acceptors (Lipinski definition) is 6. The maximum absolute atomic E-state index is 12.6. The average Bonchev–Trinajstić information content (AvgIpc) is 3.45. The third-order valence-electron chi connectivity index (χ3n) is 4.64. The van der Waals surface area contributed by atoms with E-state index in [4.69, 9.17) is 14.1 Å². The number of anilines is 1. The molecule has 28 heavy (non-hydrogen) atoms. The normalized spacial score (nSPS) is 16.8. The molecule has 1 aliphatic heterocycles. The predicted octanol–water partition coefficient (Wildman–Crippen LogP) is 5.34. The summed E-state index contributed by atoms with van der Waals surface area (Å²) < 4.78 is 11.1. The zero-order valence-electron chi connectivity index (χ0n) is 15.0. The number of thiazole rings is 1. The van der Waals surface area contributed by atoms with E-state index < -0.39 is 0 Å². The highest BCUT2D eigenvalue weighted by molar-refractivity contribution is 8.00. The summed E-state index contributed by atoms with van der Waals surface area (Å²) in [7, 11) is 1.64. The molecule has 0 saturated carbocycles. The van der Waals surface area contributed by atoms with Gasteiger partial charge in [0.2, 0.25) is 5.91 Å². The molecule has 1 amide bonds. The Morgan fingerprint density at radius 2 is 2.00 bits per heavy atom. The first-order valence-electron chi connectivity index (χ1n) is 8.75. The van der Waals surface area contributed by atoms with Gasteiger partial charge in [-0.2, -0.15) is 0 Å². The van der Waals surface area contributed by atoms with Crippen LogP contribution in [0.4, 0.5) is 5.13 Å². The van der Waals surface area contributed by atoms with Crippen LogP contribution in [0.2, 0.25) is 0 Å². The molecule has 0 aliphatic carbocycles. The first kappa shape index (κ1) is 17.3. The van der Waals surface area contributed by atoms with Crippen LogP contribution in [0.25, 0.3) is 22.4 Å². The van der Waals surface area contributed by atoms with Crippen molar-refractivity contribution < 1.29 is 13.9 Å². The SMILES string of the molecule is COc1ccc(C2SCC(=O)N2c2nc(-c3cc4ccccc4o3)cs2)cc1. The number of nitrogens with zero attached hydrogens (tertiary/aromatic N) is 2. The number of methoxy groups -OCH3 is 1. The molecular formula is C21H16N2O3S2. The van der Waals surface area contributed by atoms with Gasteiger partial charge in [-0.1, -0.05) is 30.3 Å². The fourth-order valence-corrected chi connectivity index (χ4v) is 5.32. The summed E-state index contributed by atoms with van der Waals surface area (Å²) in [5, 5.41) is 3.57. The van der Waals surface area contributed by atoms with Gasteiger partial charge in [0.1, 0.15) is 22.4 Å². The number of hydrogen-bond donors (Lipinski definition) is 0. The third kappa shape index (κ3) is 2.96. The highest BCUT2D eigenvalue weighted by atomic mass is 32.2. The molecule has 5 rings (SSSR count). The molecule has 5 nitrogen and oxygen atoms in total. The maximum Gasteiger partial charge on any atom is 0.240 e. The lowest BCUT2D eigenvalue weighted by molar-refractivity contribution is -0.115. The summed E-state index contributed by atoms with van der Waals surface area (Å²) in [4.78, 5) is 19.1. The van der Waals surface area contributed by atoms with E-state index in [0.29, 0.717) is 16.6 Å². The summed E-state index contributed by atoms with van der Waals surface area (Å²) in [5.41, 5.74) is 2.63. The van der Waals surface area contributed by atoms with Crippen LogP contribution in [0.15, 0.2) is 64.4 Å². The number of aromatic nitrogens is 1. The number of carbonyl (C=O) groups is 1. The smallest absolute Gasteiger partial charge is 0.240 e. The number of carbonyl (C=O) groups excluding carboxylic acids is 1. The summed E-state index contributed by atoms with van der Waals surface area (Å²) >= 11 is 3.06. The van der Waals surface area contributed by atoms with E-state index in [-0.39, 0.29) is 11.3 Å². The van der Waals surface area contributed by atoms with Crippen LogP contribution in [-0.2, 0) is 4.79 Å². The zero-order valence-corrected chi connectivity index (χ0v) is 16.6. The van der Waals surface area contributed by atoms with Gasteiger partial charge in [0.05, 0.1) is 12.9 Å². The largest absolute Gasteiger partial charge is 0.497 e. The Labute approximate surface area is 169 Å². The van der Waals surface area contributed by atoms with Crippen molar-refractivity contribution in [2.45, 2.75) is 5.37 Å². The van der Waals surface area contributed by atoms with E-state index in [1.54, 1.807) is 23.8 Å². The van der Waals surface area contributed by atoms with Gasteiger partial charge in [-0.15, -0.1) is 23.1 Å². The minimum atomic E-state index is -0.0897. The minimum Gasteiger partial charge on any atom is -0.497 e. The van der Waals surface area contributed by atoms with Crippen LogP contribution in [-0.4, -0.2) is 23.8 Å². The van der Waals surface area contributed by atoms with Gasteiger partial charge in [-0.25, -0.2) is 4.98 Å². The summed E-state index contributed by atoms with van der Waals surface area (Å²) in [5.74, 6) is 2.02. The fraction of sp³-hybridized carbons (Fsp3) is 0.143. The molecule has 1 aliphatic rings. The molecule has 0 bridgehead atoms. The number of ether oxygens (including phenoxy) is 1. The van der Waals surface area contributed by atoms with Crippen LogP contribution in [0.1, 0.15) is 10.9 Å². The Hall–Kier alpha value is -2.77. The molecule has 0 radical (unpaired) electrons. The van der Waals surface area contributed by atoms with Crippen LogP contribution >= 0.6 is 23.1 Å². The summed E-state index contributed by atoms with van der Waals surface area (Å²) in [6.07, 6.45) is 0. The predicted molar refractivity (Wildman–Crippen MR) is 113 cm³/mol. The van der Waals surface area contributed by atoms with Crippen molar-refractivity contribution >= 4 is 45.1 Å². The van der Waals surface area contributed by atoms with E-state index >= 15 is 0 Å². The molecule has 4 aromatic rings. The number of amides is 1. The van der Waals surface area contributed by atoms with Crippen LogP contribution in [0, 0.1) is 0 Å². The molecule has 1 fully saturated rings. The monoisotopic (exact) mass is 408 g/mol. The summed E-state index contributed by atoms with van der Waals surface area (Å²) in [6.45, 7) is 0. The van der Waals surface area contributed by atoms with E-state index in [2.05, 4.69) is 0 Å². The Balaban J connectivity index is 1.47. The number of fused-ring (bicyclic) bond motifs is 1. The van der Waals surface area contributed by atoms with Crippen LogP contribution in [0.5, 0.6) is 5.75 Å². The third-order valence-corrected chi connectivity index (χ3v) is 6.70. The molecule has 0 N–H and O–H groups in total. The van der Waals surface area contributed by atoms with E-state index in [1.807, 2.05) is 60.0 Å². The van der Waals surface area contributed by atoms with Gasteiger partial charge < -0.3 is 9.15 Å². The molecule has 2 aromatic heterocycles. The maximum atomic E-state index is 12.6. The molecule has 1 saturated heterocycles. The second-order valence-corrected chi connectivity index (χ2v) is 8.27. The fourth-order valence-electron chi connectivity index (χ4n) is 3.24. The van der Waals surface area contributed by atoms with Crippen LogP contribution < -0.4 is 9.64 Å². The average molecular weight is 409 g/mol. The quantitative estimate of drug-likeness (QED) is 0.456. The highest BCUT2D eigenvalue weighted by Gasteiger charge is 2.36. The van der Waals surface area contributed by atoms with E-state index in [9.17, 15) is 4.79 Å². The standard InChI is InChI=1S/C21H16N2O3S2/c1-25-15-8-6-13(7-9-15)20-23(19(24)12-27-20)21-22-16(11-28-21)18-10-14-4-2-3-5-17(14)26-18/h2-11,20H,12H2,1H3. The number of furan rings is 1. The van der Waals surface area contributed by atoms with Crippen molar-refractivity contribution in [3.8, 4) is 17.2 Å². The summed E-state index contributed by atoms with van der Waals surface area (Å²) in [6, 6.07) is 17.7. The zero-order chi connectivity index (χ0) is 19.1. The Bertz CT molecular complexity index is 1120. The topological polar surface area (TPSA) is 55.6 Å².